The van der Waals surface area contributed by atoms with E-state index in [4.69, 9.17) is 4.74 Å². The van der Waals surface area contributed by atoms with Crippen molar-refractivity contribution in [1.82, 2.24) is 10.2 Å². The number of carbonyl (C=O) groups excluding carboxylic acids is 1. The van der Waals surface area contributed by atoms with Crippen LogP contribution in [-0.4, -0.2) is 44.1 Å². The molecule has 1 fully saturated rings. The number of ether oxygens (including phenoxy) is 1. The van der Waals surface area contributed by atoms with Crippen LogP contribution in [-0.2, 0) is 4.79 Å². The second kappa shape index (κ2) is 8.92. The highest BCUT2D eigenvalue weighted by atomic mass is 16.5. The van der Waals surface area contributed by atoms with Crippen LogP contribution in [0, 0.1) is 18.8 Å². The monoisotopic (exact) mass is 318 g/mol. The number of hydrogen-bond donors (Lipinski definition) is 1. The molecule has 1 aromatic rings. The molecule has 1 heterocycles. The smallest absolute Gasteiger partial charge is 0.222 e. The maximum Gasteiger partial charge on any atom is 0.222 e. The van der Waals surface area contributed by atoms with Crippen molar-refractivity contribution in [3.63, 3.8) is 0 Å². The molecule has 0 aliphatic carbocycles. The van der Waals surface area contributed by atoms with Crippen molar-refractivity contribution in [3.8, 4) is 5.75 Å². The molecule has 4 nitrogen and oxygen atoms in total. The van der Waals surface area contributed by atoms with Crippen LogP contribution in [0.15, 0.2) is 24.3 Å². The van der Waals surface area contributed by atoms with Crippen molar-refractivity contribution in [1.29, 1.82) is 0 Å². The number of likely N-dealkylation sites (N-methyl/N-ethyl adjacent to an activating group) is 1. The quantitative estimate of drug-likeness (QED) is 0.840. The third-order valence-electron chi connectivity index (χ3n) is 4.84. The van der Waals surface area contributed by atoms with Gasteiger partial charge in [-0.05, 0) is 56.3 Å². The number of rotatable bonds is 7. The van der Waals surface area contributed by atoms with Gasteiger partial charge in [0.2, 0.25) is 5.91 Å². The third-order valence-corrected chi connectivity index (χ3v) is 4.84. The molecule has 1 amide bonds. The van der Waals surface area contributed by atoms with Gasteiger partial charge in [-0.3, -0.25) is 4.79 Å². The van der Waals surface area contributed by atoms with E-state index in [1.54, 1.807) is 4.90 Å². The SMILES string of the molecule is Cc1ccccc1OCCN(C)C(=O)CC(C)C1CCCNC1. The van der Waals surface area contributed by atoms with Crippen molar-refractivity contribution in [2.24, 2.45) is 11.8 Å². The summed E-state index contributed by atoms with van der Waals surface area (Å²) >= 11 is 0. The van der Waals surface area contributed by atoms with Gasteiger partial charge in [0, 0.05) is 13.5 Å². The van der Waals surface area contributed by atoms with Crippen LogP contribution < -0.4 is 10.1 Å². The molecule has 2 rings (SSSR count). The number of para-hydroxylation sites is 1. The summed E-state index contributed by atoms with van der Waals surface area (Å²) in [6, 6.07) is 7.97. The van der Waals surface area contributed by atoms with Crippen molar-refractivity contribution < 1.29 is 9.53 Å². The van der Waals surface area contributed by atoms with Crippen LogP contribution in [0.25, 0.3) is 0 Å². The van der Waals surface area contributed by atoms with Crippen LogP contribution >= 0.6 is 0 Å². The van der Waals surface area contributed by atoms with E-state index < -0.39 is 0 Å². The van der Waals surface area contributed by atoms with Crippen LogP contribution in [0.3, 0.4) is 0 Å². The molecule has 1 saturated heterocycles. The highest BCUT2D eigenvalue weighted by molar-refractivity contribution is 5.76. The Balaban J connectivity index is 1.71. The number of hydrogen-bond acceptors (Lipinski definition) is 3. The van der Waals surface area contributed by atoms with Crippen molar-refractivity contribution in [2.75, 3.05) is 33.3 Å². The van der Waals surface area contributed by atoms with Gasteiger partial charge >= 0.3 is 0 Å². The van der Waals surface area contributed by atoms with Gasteiger partial charge in [-0.25, -0.2) is 0 Å². The maximum absolute atomic E-state index is 12.4. The van der Waals surface area contributed by atoms with Gasteiger partial charge in [0.25, 0.3) is 0 Å². The lowest BCUT2D eigenvalue weighted by atomic mass is 9.85. The molecule has 0 spiro atoms. The summed E-state index contributed by atoms with van der Waals surface area (Å²) in [6.45, 7) is 7.56. The number of aryl methyl sites for hydroxylation is 1. The van der Waals surface area contributed by atoms with Gasteiger partial charge in [-0.1, -0.05) is 25.1 Å². The van der Waals surface area contributed by atoms with E-state index in [0.29, 0.717) is 31.4 Å². The first-order valence-electron chi connectivity index (χ1n) is 8.71. The van der Waals surface area contributed by atoms with Crippen LogP contribution in [0.1, 0.15) is 31.7 Å². The molecule has 1 aromatic carbocycles. The predicted molar refractivity (Wildman–Crippen MR) is 93.7 cm³/mol. The van der Waals surface area contributed by atoms with E-state index >= 15 is 0 Å². The molecule has 23 heavy (non-hydrogen) atoms. The van der Waals surface area contributed by atoms with Crippen LogP contribution in [0.4, 0.5) is 0 Å². The number of nitrogens with one attached hydrogen (secondary N) is 1. The van der Waals surface area contributed by atoms with Crippen molar-refractivity contribution in [3.05, 3.63) is 29.8 Å². The van der Waals surface area contributed by atoms with Gasteiger partial charge in [0.05, 0.1) is 6.54 Å². The standard InChI is InChI=1S/C19H30N2O2/c1-15-7-4-5-9-18(15)23-12-11-21(3)19(22)13-16(2)17-8-6-10-20-14-17/h4-5,7,9,16-17,20H,6,8,10-14H2,1-3H3. The lowest BCUT2D eigenvalue weighted by Gasteiger charge is -2.29. The minimum absolute atomic E-state index is 0.219. The molecule has 0 radical (unpaired) electrons. The summed E-state index contributed by atoms with van der Waals surface area (Å²) in [7, 11) is 1.87. The number of benzene rings is 1. The molecule has 1 aliphatic rings. The molecule has 128 valence electrons. The van der Waals surface area contributed by atoms with E-state index in [2.05, 4.69) is 12.2 Å². The highest BCUT2D eigenvalue weighted by Gasteiger charge is 2.23. The third kappa shape index (κ3) is 5.54. The summed E-state index contributed by atoms with van der Waals surface area (Å²) in [5.41, 5.74) is 1.12. The van der Waals surface area contributed by atoms with E-state index in [9.17, 15) is 4.79 Å². The second-order valence-corrected chi connectivity index (χ2v) is 6.72. The molecule has 0 bridgehead atoms. The molecule has 0 saturated carbocycles. The van der Waals surface area contributed by atoms with E-state index in [0.717, 1.165) is 24.4 Å². The summed E-state index contributed by atoms with van der Waals surface area (Å²) in [5.74, 6) is 2.19. The minimum atomic E-state index is 0.219. The molecule has 1 N–H and O–H groups in total. The second-order valence-electron chi connectivity index (χ2n) is 6.72. The lowest BCUT2D eigenvalue weighted by Crippen LogP contribution is -2.37. The zero-order valence-electron chi connectivity index (χ0n) is 14.7. The average molecular weight is 318 g/mol. The fourth-order valence-electron chi connectivity index (χ4n) is 3.10. The fourth-order valence-corrected chi connectivity index (χ4v) is 3.10. The number of amides is 1. The van der Waals surface area contributed by atoms with Gasteiger partial charge in [0.1, 0.15) is 12.4 Å². The van der Waals surface area contributed by atoms with Crippen LogP contribution in [0.5, 0.6) is 5.75 Å². The fraction of sp³-hybridized carbons (Fsp3) is 0.632. The summed E-state index contributed by atoms with van der Waals surface area (Å²) in [4.78, 5) is 14.2. The van der Waals surface area contributed by atoms with Crippen molar-refractivity contribution >= 4 is 5.91 Å². The first kappa shape index (κ1) is 17.8. The first-order chi connectivity index (χ1) is 11.1. The van der Waals surface area contributed by atoms with Gasteiger partial charge < -0.3 is 15.0 Å². The molecular weight excluding hydrogens is 288 g/mol. The Kier molecular flexibility index (Phi) is 6.90. The van der Waals surface area contributed by atoms with Crippen molar-refractivity contribution in [2.45, 2.75) is 33.1 Å². The Morgan fingerprint density at radius 2 is 2.22 bits per heavy atom. The Morgan fingerprint density at radius 3 is 2.91 bits per heavy atom. The summed E-state index contributed by atoms with van der Waals surface area (Å²) in [6.07, 6.45) is 3.10. The Labute approximate surface area is 140 Å². The molecular formula is C19H30N2O2. The normalized spacial score (nSPS) is 19.2. The van der Waals surface area contributed by atoms with E-state index in [1.807, 2.05) is 38.2 Å². The summed E-state index contributed by atoms with van der Waals surface area (Å²) < 4.78 is 5.78. The molecule has 0 aromatic heterocycles. The Bertz CT molecular complexity index is 498. The largest absolute Gasteiger partial charge is 0.491 e. The zero-order chi connectivity index (χ0) is 16.7. The Morgan fingerprint density at radius 1 is 1.43 bits per heavy atom. The molecule has 2 unspecified atom stereocenters. The topological polar surface area (TPSA) is 41.6 Å². The predicted octanol–water partition coefficient (Wildman–Crippen LogP) is 2.86. The Hall–Kier alpha value is -1.55. The van der Waals surface area contributed by atoms with Gasteiger partial charge in [-0.15, -0.1) is 0 Å². The lowest BCUT2D eigenvalue weighted by molar-refractivity contribution is -0.131. The summed E-state index contributed by atoms with van der Waals surface area (Å²) in [5, 5.41) is 3.43. The molecule has 1 aliphatic heterocycles. The number of carbonyl (C=O) groups is 1. The first-order valence-corrected chi connectivity index (χ1v) is 8.71. The van der Waals surface area contributed by atoms with E-state index in [-0.39, 0.29) is 5.91 Å². The maximum atomic E-state index is 12.4. The molecule has 2 atom stereocenters. The van der Waals surface area contributed by atoms with Crippen LogP contribution in [0.2, 0.25) is 0 Å². The number of piperidine rings is 1. The highest BCUT2D eigenvalue weighted by Crippen LogP contribution is 2.23. The average Bonchev–Trinajstić information content (AvgIpc) is 2.57. The van der Waals surface area contributed by atoms with Gasteiger partial charge in [-0.2, -0.15) is 0 Å². The number of nitrogens with zero attached hydrogens (tertiary/aromatic N) is 1. The van der Waals surface area contributed by atoms with Gasteiger partial charge in [0.15, 0.2) is 0 Å². The zero-order valence-corrected chi connectivity index (χ0v) is 14.7. The van der Waals surface area contributed by atoms with E-state index in [1.165, 1.54) is 12.8 Å². The molecule has 4 heteroatoms. The minimum Gasteiger partial charge on any atom is -0.491 e.